The zero-order valence-corrected chi connectivity index (χ0v) is 13.3. The van der Waals surface area contributed by atoms with Crippen LogP contribution in [-0.4, -0.2) is 27.9 Å². The lowest BCUT2D eigenvalue weighted by molar-refractivity contribution is -0.283. The Kier molecular flexibility index (Phi) is 4.22. The van der Waals surface area contributed by atoms with Crippen molar-refractivity contribution in [3.8, 4) is 0 Å². The third kappa shape index (κ3) is 3.08. The van der Waals surface area contributed by atoms with E-state index < -0.39 is 17.8 Å². The van der Waals surface area contributed by atoms with Gasteiger partial charge < -0.3 is 5.11 Å². The van der Waals surface area contributed by atoms with Crippen LogP contribution >= 0.6 is 11.6 Å². The van der Waals surface area contributed by atoms with Crippen molar-refractivity contribution in [2.75, 3.05) is 0 Å². The lowest BCUT2D eigenvalue weighted by Crippen LogP contribution is -2.60. The molecule has 3 rings (SSSR count). The molecule has 2 aromatic carbocycles. The number of hydrogen-bond donors (Lipinski definition) is 2. The summed E-state index contributed by atoms with van der Waals surface area (Å²) in [5, 5.41) is 10.8. The van der Waals surface area contributed by atoms with Crippen molar-refractivity contribution in [1.82, 2.24) is 10.4 Å². The largest absolute Gasteiger partial charge is 0.442 e. The molecule has 0 unspecified atom stereocenters. The molecule has 1 heterocycles. The van der Waals surface area contributed by atoms with Crippen molar-refractivity contribution in [2.24, 2.45) is 0 Å². The van der Waals surface area contributed by atoms with E-state index in [1.807, 2.05) is 0 Å². The zero-order valence-electron chi connectivity index (χ0n) is 12.6. The van der Waals surface area contributed by atoms with Crippen molar-refractivity contribution in [3.63, 3.8) is 0 Å². The van der Waals surface area contributed by atoms with E-state index in [-0.39, 0.29) is 16.3 Å². The van der Waals surface area contributed by atoms with E-state index in [9.17, 15) is 23.1 Å². The van der Waals surface area contributed by atoms with Crippen LogP contribution in [0.3, 0.4) is 0 Å². The molecule has 130 valence electrons. The number of alkyl halides is 3. The Hall–Kier alpha value is -2.51. The summed E-state index contributed by atoms with van der Waals surface area (Å²) in [7, 11) is 0. The van der Waals surface area contributed by atoms with E-state index >= 15 is 0 Å². The van der Waals surface area contributed by atoms with Gasteiger partial charge in [0.25, 0.3) is 11.6 Å². The van der Waals surface area contributed by atoms with Gasteiger partial charge in [0.15, 0.2) is 0 Å². The lowest BCUT2D eigenvalue weighted by atomic mass is 10.1. The lowest BCUT2D eigenvalue weighted by Gasteiger charge is -2.33. The first-order chi connectivity index (χ1) is 11.7. The summed E-state index contributed by atoms with van der Waals surface area (Å²) in [6.07, 6.45) is -4.53. The van der Waals surface area contributed by atoms with E-state index in [0.29, 0.717) is 16.7 Å². The second kappa shape index (κ2) is 6.09. The maximum Gasteiger partial charge on any atom is 0.442 e. The fourth-order valence-electron chi connectivity index (χ4n) is 2.41. The number of benzene rings is 2. The van der Waals surface area contributed by atoms with Gasteiger partial charge >= 0.3 is 6.18 Å². The molecule has 0 spiro atoms. The standard InChI is InChI=1S/C17H12ClF3N2O2/c18-13-8-6-11(7-9-13)14-10-16(25,17(19,20)21)23(22-14)15(24)12-4-2-1-3-5-12/h1-10,22,25H/t16-/m0/s1. The normalized spacial score (nSPS) is 20.2. The van der Waals surface area contributed by atoms with Gasteiger partial charge in [-0.1, -0.05) is 41.9 Å². The number of carbonyl (C=O) groups excluding carboxylic acids is 1. The smallest absolute Gasteiger partial charge is 0.359 e. The van der Waals surface area contributed by atoms with Crippen LogP contribution in [0, 0.1) is 0 Å². The molecule has 0 saturated carbocycles. The van der Waals surface area contributed by atoms with Crippen molar-refractivity contribution >= 4 is 23.2 Å². The predicted octanol–water partition coefficient (Wildman–Crippen LogP) is 3.59. The fraction of sp³-hybridized carbons (Fsp3) is 0.118. The SMILES string of the molecule is O=C(c1ccccc1)N1NC(c2ccc(Cl)cc2)=C[C@]1(O)C(F)(F)F. The van der Waals surface area contributed by atoms with Crippen LogP contribution in [0.2, 0.25) is 5.02 Å². The highest BCUT2D eigenvalue weighted by Crippen LogP contribution is 2.40. The number of hydrazine groups is 1. The minimum Gasteiger partial charge on any atom is -0.359 e. The summed E-state index contributed by atoms with van der Waals surface area (Å²) in [5.74, 6) is -1.01. The minimum absolute atomic E-state index is 0.00318. The van der Waals surface area contributed by atoms with E-state index in [1.165, 1.54) is 48.5 Å². The van der Waals surface area contributed by atoms with Crippen molar-refractivity contribution in [3.05, 3.63) is 76.8 Å². The van der Waals surface area contributed by atoms with Gasteiger partial charge in [0.1, 0.15) is 0 Å². The van der Waals surface area contributed by atoms with Crippen LogP contribution in [0.15, 0.2) is 60.7 Å². The first-order valence-corrected chi connectivity index (χ1v) is 7.54. The molecule has 4 nitrogen and oxygen atoms in total. The summed E-state index contributed by atoms with van der Waals surface area (Å²) in [6, 6.07) is 13.3. The van der Waals surface area contributed by atoms with E-state index in [4.69, 9.17) is 11.6 Å². The topological polar surface area (TPSA) is 52.6 Å². The van der Waals surface area contributed by atoms with Crippen LogP contribution in [0.1, 0.15) is 15.9 Å². The molecule has 1 atom stereocenters. The second-order valence-corrected chi connectivity index (χ2v) is 5.84. The third-order valence-corrected chi connectivity index (χ3v) is 3.97. The van der Waals surface area contributed by atoms with Gasteiger partial charge in [-0.2, -0.15) is 13.2 Å². The van der Waals surface area contributed by atoms with Crippen LogP contribution in [0.25, 0.3) is 5.70 Å². The maximum absolute atomic E-state index is 13.5. The Balaban J connectivity index is 2.02. The highest BCUT2D eigenvalue weighted by molar-refractivity contribution is 6.30. The Morgan fingerprint density at radius 1 is 1.08 bits per heavy atom. The molecule has 2 N–H and O–H groups in total. The fourth-order valence-corrected chi connectivity index (χ4v) is 2.53. The molecule has 0 fully saturated rings. The summed E-state index contributed by atoms with van der Waals surface area (Å²) >= 11 is 5.77. The van der Waals surface area contributed by atoms with E-state index in [0.717, 1.165) is 0 Å². The summed E-state index contributed by atoms with van der Waals surface area (Å²) in [4.78, 5) is 12.5. The van der Waals surface area contributed by atoms with Gasteiger partial charge in [-0.25, -0.2) is 5.01 Å². The first-order valence-electron chi connectivity index (χ1n) is 7.16. The Labute approximate surface area is 146 Å². The van der Waals surface area contributed by atoms with Crippen molar-refractivity contribution in [2.45, 2.75) is 11.9 Å². The summed E-state index contributed by atoms with van der Waals surface area (Å²) < 4.78 is 40.4. The highest BCUT2D eigenvalue weighted by atomic mass is 35.5. The molecule has 0 radical (unpaired) electrons. The minimum atomic E-state index is -5.10. The molecule has 1 aliphatic rings. The third-order valence-electron chi connectivity index (χ3n) is 3.72. The monoisotopic (exact) mass is 368 g/mol. The highest BCUT2D eigenvalue weighted by Gasteiger charge is 2.61. The average Bonchev–Trinajstić information content (AvgIpc) is 2.94. The second-order valence-electron chi connectivity index (χ2n) is 5.41. The van der Waals surface area contributed by atoms with Gasteiger partial charge in [-0.3, -0.25) is 10.2 Å². The number of rotatable bonds is 2. The molecular weight excluding hydrogens is 357 g/mol. The molecular formula is C17H12ClF3N2O2. The molecule has 25 heavy (non-hydrogen) atoms. The molecule has 1 amide bonds. The van der Waals surface area contributed by atoms with Crippen LogP contribution in [0.5, 0.6) is 0 Å². The predicted molar refractivity (Wildman–Crippen MR) is 86.2 cm³/mol. The number of hydrogen-bond acceptors (Lipinski definition) is 3. The maximum atomic E-state index is 13.5. The number of halogens is 4. The first kappa shape index (κ1) is 17.3. The number of amides is 1. The molecule has 1 aliphatic heterocycles. The quantitative estimate of drug-likeness (QED) is 0.851. The van der Waals surface area contributed by atoms with Gasteiger partial charge in [-0.15, -0.1) is 0 Å². The van der Waals surface area contributed by atoms with Crippen molar-refractivity contribution < 1.29 is 23.1 Å². The number of aliphatic hydroxyl groups is 1. The van der Waals surface area contributed by atoms with Crippen LogP contribution in [-0.2, 0) is 0 Å². The Morgan fingerprint density at radius 2 is 1.68 bits per heavy atom. The molecule has 2 aromatic rings. The van der Waals surface area contributed by atoms with E-state index in [2.05, 4.69) is 5.43 Å². The number of carbonyl (C=O) groups is 1. The molecule has 0 aliphatic carbocycles. The van der Waals surface area contributed by atoms with Crippen molar-refractivity contribution in [1.29, 1.82) is 0 Å². The number of nitrogens with one attached hydrogen (secondary N) is 1. The molecule has 0 saturated heterocycles. The van der Waals surface area contributed by atoms with Crippen LogP contribution in [0.4, 0.5) is 13.2 Å². The average molecular weight is 369 g/mol. The summed E-state index contributed by atoms with van der Waals surface area (Å²) in [6.45, 7) is 0. The zero-order chi connectivity index (χ0) is 18.2. The molecule has 0 bridgehead atoms. The number of nitrogens with zero attached hydrogens (tertiary/aromatic N) is 1. The van der Waals surface area contributed by atoms with Gasteiger partial charge in [-0.05, 0) is 29.8 Å². The Bertz CT molecular complexity index is 822. The van der Waals surface area contributed by atoms with Gasteiger partial charge in [0.2, 0.25) is 0 Å². The van der Waals surface area contributed by atoms with Gasteiger partial charge in [0, 0.05) is 16.7 Å². The van der Waals surface area contributed by atoms with Gasteiger partial charge in [0.05, 0.1) is 5.70 Å². The Morgan fingerprint density at radius 3 is 2.24 bits per heavy atom. The summed E-state index contributed by atoms with van der Waals surface area (Å²) in [5.41, 5.74) is -0.832. The van der Waals surface area contributed by atoms with Crippen LogP contribution < -0.4 is 5.43 Å². The van der Waals surface area contributed by atoms with E-state index in [1.54, 1.807) is 6.07 Å². The molecule has 0 aromatic heterocycles. The molecule has 8 heteroatoms.